The van der Waals surface area contributed by atoms with E-state index in [1.165, 1.54) is 0 Å². The van der Waals surface area contributed by atoms with Crippen LogP contribution in [-0.2, 0) is 23.7 Å². The van der Waals surface area contributed by atoms with Crippen molar-refractivity contribution in [3.05, 3.63) is 0 Å². The van der Waals surface area contributed by atoms with Crippen molar-refractivity contribution in [2.75, 3.05) is 66.1 Å². The first kappa shape index (κ1) is 49.5. The molecular weight excluding hydrogens is 328 g/mol. The van der Waals surface area contributed by atoms with Crippen molar-refractivity contribution in [2.24, 2.45) is 0 Å². The van der Waals surface area contributed by atoms with Gasteiger partial charge in [0.25, 0.3) is 0 Å². The monoisotopic (exact) mass is 364 g/mol. The molecule has 13 heteroatoms. The highest BCUT2D eigenvalue weighted by molar-refractivity contribution is 4.37. The number of hydrogen-bond acceptors (Lipinski definition) is 5. The van der Waals surface area contributed by atoms with Crippen LogP contribution in [0.5, 0.6) is 0 Å². The zero-order valence-electron chi connectivity index (χ0n) is 13.1. The summed E-state index contributed by atoms with van der Waals surface area (Å²) in [5, 5.41) is 0. The summed E-state index contributed by atoms with van der Waals surface area (Å²) in [6.45, 7) is 6.11. The summed E-state index contributed by atoms with van der Waals surface area (Å²) in [6.07, 6.45) is 0. The molecule has 0 aromatic carbocycles. The number of ether oxygens (including phenoxy) is 5. The molecule has 0 aromatic heterocycles. The van der Waals surface area contributed by atoms with Gasteiger partial charge in [0, 0.05) is 0 Å². The maximum absolute atomic E-state index is 5.28. The van der Waals surface area contributed by atoms with Crippen LogP contribution in [0.15, 0.2) is 0 Å². The summed E-state index contributed by atoms with van der Waals surface area (Å²) in [5.41, 5.74) is 0. The average molecular weight is 364 g/mol. The largest absolute Gasteiger partial charge is 0.412 e. The van der Waals surface area contributed by atoms with Crippen molar-refractivity contribution >= 4 is 0 Å². The Bertz CT molecular complexity index is 81.3. The lowest BCUT2D eigenvalue weighted by Crippen LogP contribution is -2.12. The second-order valence-corrected chi connectivity index (χ2v) is 3.06. The van der Waals surface area contributed by atoms with Crippen LogP contribution in [-0.4, -0.2) is 110 Å². The Labute approximate surface area is 134 Å². The summed E-state index contributed by atoms with van der Waals surface area (Å²) in [6, 6.07) is 0. The van der Waals surface area contributed by atoms with Crippen LogP contribution in [0.4, 0.5) is 0 Å². The molecule has 1 aliphatic heterocycles. The Hall–Kier alpha value is -0.520. The lowest BCUT2D eigenvalue weighted by atomic mass is 10.7. The molecule has 13 nitrogen and oxygen atoms in total. The van der Waals surface area contributed by atoms with Crippen LogP contribution in [0.25, 0.3) is 0 Å². The van der Waals surface area contributed by atoms with E-state index in [0.29, 0.717) is 66.1 Å². The third kappa shape index (κ3) is 38.9. The first-order chi connectivity index (χ1) is 7.50. The van der Waals surface area contributed by atoms with Crippen molar-refractivity contribution < 1.29 is 67.5 Å². The topological polar surface area (TPSA) is 298 Å². The summed E-state index contributed by atoms with van der Waals surface area (Å²) >= 11 is 0. The molecule has 154 valence electrons. The molecule has 1 rings (SSSR count). The van der Waals surface area contributed by atoms with Gasteiger partial charge in [-0.25, -0.2) is 0 Å². The highest BCUT2D eigenvalue weighted by atomic mass is 16.6. The second-order valence-electron chi connectivity index (χ2n) is 3.06. The van der Waals surface area contributed by atoms with Crippen molar-refractivity contribution in [1.82, 2.24) is 0 Å². The Kier molecular flexibility index (Phi) is 92.4. The maximum Gasteiger partial charge on any atom is 0.0701 e. The third-order valence-corrected chi connectivity index (χ3v) is 1.86. The lowest BCUT2D eigenvalue weighted by Gasteiger charge is -2.05. The Balaban J connectivity index is -0.0000000469. The standard InChI is InChI=1S/C10H20O5.8H2O/c1-2-12-5-6-14-9-10-15-8-7-13-4-3-11-1;;;;;;;;/h1-10H2;8*1H2. The quantitative estimate of drug-likeness (QED) is 0.403. The molecule has 0 radical (unpaired) electrons. The fourth-order valence-electron chi connectivity index (χ4n) is 1.10. The molecule has 1 heterocycles. The van der Waals surface area contributed by atoms with Gasteiger partial charge in [0.1, 0.15) is 0 Å². The minimum absolute atomic E-state index is 0. The molecule has 1 fully saturated rings. The molecular formula is C10H36O13. The molecule has 0 aromatic rings. The van der Waals surface area contributed by atoms with Gasteiger partial charge in [0.05, 0.1) is 66.1 Å². The number of rotatable bonds is 0. The molecule has 0 aliphatic carbocycles. The smallest absolute Gasteiger partial charge is 0.0701 e. The van der Waals surface area contributed by atoms with Gasteiger partial charge in [-0.3, -0.25) is 0 Å². The van der Waals surface area contributed by atoms with E-state index in [1.807, 2.05) is 0 Å². The van der Waals surface area contributed by atoms with Gasteiger partial charge in [-0.1, -0.05) is 0 Å². The van der Waals surface area contributed by atoms with E-state index in [1.54, 1.807) is 0 Å². The van der Waals surface area contributed by atoms with Gasteiger partial charge >= 0.3 is 0 Å². The first-order valence-electron chi connectivity index (χ1n) is 5.39. The van der Waals surface area contributed by atoms with Crippen LogP contribution < -0.4 is 0 Å². The molecule has 0 unspecified atom stereocenters. The molecule has 0 spiro atoms. The van der Waals surface area contributed by atoms with Gasteiger partial charge in [-0.2, -0.15) is 0 Å². The van der Waals surface area contributed by atoms with Crippen molar-refractivity contribution in [3.8, 4) is 0 Å². The summed E-state index contributed by atoms with van der Waals surface area (Å²) in [4.78, 5) is 0. The second kappa shape index (κ2) is 43.0. The predicted molar refractivity (Wildman–Crippen MR) is 83.0 cm³/mol. The van der Waals surface area contributed by atoms with E-state index in [-0.39, 0.29) is 43.8 Å². The molecule has 0 amide bonds. The summed E-state index contributed by atoms with van der Waals surface area (Å²) in [5.74, 6) is 0. The van der Waals surface area contributed by atoms with Gasteiger partial charge < -0.3 is 67.5 Å². The molecule has 23 heavy (non-hydrogen) atoms. The SMILES string of the molecule is C1COCCOCCOCCOCCO1.O.O.O.O.O.O.O.O. The maximum atomic E-state index is 5.28. The van der Waals surface area contributed by atoms with Crippen LogP contribution >= 0.6 is 0 Å². The van der Waals surface area contributed by atoms with Gasteiger partial charge in [0.2, 0.25) is 0 Å². The van der Waals surface area contributed by atoms with Crippen molar-refractivity contribution in [3.63, 3.8) is 0 Å². The van der Waals surface area contributed by atoms with E-state index < -0.39 is 0 Å². The minimum Gasteiger partial charge on any atom is -0.412 e. The van der Waals surface area contributed by atoms with Gasteiger partial charge in [0.15, 0.2) is 0 Å². The Morgan fingerprint density at radius 1 is 0.217 bits per heavy atom. The lowest BCUT2D eigenvalue weighted by molar-refractivity contribution is 0.00206. The average Bonchev–Trinajstić information content (AvgIpc) is 2.27. The van der Waals surface area contributed by atoms with Gasteiger partial charge in [-0.15, -0.1) is 0 Å². The fraction of sp³-hybridized carbons (Fsp3) is 1.00. The minimum atomic E-state index is 0. The third-order valence-electron chi connectivity index (χ3n) is 1.86. The zero-order chi connectivity index (χ0) is 10.6. The van der Waals surface area contributed by atoms with E-state index in [9.17, 15) is 0 Å². The Morgan fingerprint density at radius 3 is 0.391 bits per heavy atom. The van der Waals surface area contributed by atoms with E-state index >= 15 is 0 Å². The summed E-state index contributed by atoms with van der Waals surface area (Å²) in [7, 11) is 0. The molecule has 1 aliphatic rings. The fourth-order valence-corrected chi connectivity index (χ4v) is 1.10. The highest BCUT2D eigenvalue weighted by Crippen LogP contribution is 1.85. The molecule has 0 atom stereocenters. The molecule has 0 bridgehead atoms. The van der Waals surface area contributed by atoms with Gasteiger partial charge in [-0.05, 0) is 0 Å². The zero-order valence-corrected chi connectivity index (χ0v) is 13.1. The van der Waals surface area contributed by atoms with E-state index in [0.717, 1.165) is 0 Å². The Morgan fingerprint density at radius 2 is 0.304 bits per heavy atom. The van der Waals surface area contributed by atoms with Crippen LogP contribution in [0.3, 0.4) is 0 Å². The predicted octanol–water partition coefficient (Wildman–Crippen LogP) is -6.51. The van der Waals surface area contributed by atoms with Crippen molar-refractivity contribution in [2.45, 2.75) is 0 Å². The normalized spacial score (nSPS) is 15.7. The highest BCUT2D eigenvalue weighted by Gasteiger charge is 1.95. The van der Waals surface area contributed by atoms with E-state index in [2.05, 4.69) is 0 Å². The summed E-state index contributed by atoms with van der Waals surface area (Å²) < 4.78 is 26.4. The van der Waals surface area contributed by atoms with Crippen LogP contribution in [0.1, 0.15) is 0 Å². The first-order valence-corrected chi connectivity index (χ1v) is 5.39. The molecule has 1 saturated heterocycles. The molecule has 0 saturated carbocycles. The van der Waals surface area contributed by atoms with Crippen LogP contribution in [0, 0.1) is 0 Å². The molecule has 16 N–H and O–H groups in total. The van der Waals surface area contributed by atoms with Crippen LogP contribution in [0.2, 0.25) is 0 Å². The van der Waals surface area contributed by atoms with Crippen molar-refractivity contribution in [1.29, 1.82) is 0 Å². The van der Waals surface area contributed by atoms with E-state index in [4.69, 9.17) is 23.7 Å². The number of hydrogen-bond donors (Lipinski definition) is 0.